The van der Waals surface area contributed by atoms with Crippen LogP contribution >= 0.6 is 0 Å². The van der Waals surface area contributed by atoms with Crippen LogP contribution in [0.15, 0.2) is 18.2 Å². The Bertz CT molecular complexity index is 1020. The number of amides is 1. The van der Waals surface area contributed by atoms with Gasteiger partial charge in [-0.1, -0.05) is 26.0 Å². The number of aromatic nitrogens is 2. The molecule has 1 aromatic carbocycles. The van der Waals surface area contributed by atoms with Crippen molar-refractivity contribution >= 4 is 16.8 Å². The summed E-state index contributed by atoms with van der Waals surface area (Å²) in [6, 6.07) is 6.89. The standard InChI is InChI=1S/C26H37N3O2/c1-16(24-23-20(18-9-10-18)7-6-8-21(23)28(5)27-24)11-22(30)29-17(2)12-25(3)13-19(29)14-26(4,31)15-25/h6-8,16-19,31H,9-15H2,1-5H3. The smallest absolute Gasteiger partial charge is 0.223 e. The van der Waals surface area contributed by atoms with Gasteiger partial charge in [0.1, 0.15) is 0 Å². The summed E-state index contributed by atoms with van der Waals surface area (Å²) < 4.78 is 1.98. The van der Waals surface area contributed by atoms with E-state index in [-0.39, 0.29) is 29.3 Å². The van der Waals surface area contributed by atoms with Gasteiger partial charge in [-0.05, 0) is 75.3 Å². The van der Waals surface area contributed by atoms with Crippen LogP contribution < -0.4 is 0 Å². The van der Waals surface area contributed by atoms with Crippen molar-refractivity contribution in [3.05, 3.63) is 29.5 Å². The molecule has 31 heavy (non-hydrogen) atoms. The molecular weight excluding hydrogens is 386 g/mol. The molecule has 2 bridgehead atoms. The molecule has 5 heteroatoms. The molecule has 1 aliphatic heterocycles. The zero-order valence-electron chi connectivity index (χ0n) is 19.7. The first kappa shape index (κ1) is 21.0. The lowest BCUT2D eigenvalue weighted by Gasteiger charge is -2.56. The van der Waals surface area contributed by atoms with E-state index in [0.717, 1.165) is 25.0 Å². The van der Waals surface area contributed by atoms with E-state index >= 15 is 0 Å². The fourth-order valence-corrected chi connectivity index (χ4v) is 7.10. The second-order valence-electron chi connectivity index (χ2n) is 11.5. The van der Waals surface area contributed by atoms with Crippen molar-refractivity contribution < 1.29 is 9.90 Å². The monoisotopic (exact) mass is 423 g/mol. The van der Waals surface area contributed by atoms with E-state index in [1.54, 1.807) is 0 Å². The molecule has 3 fully saturated rings. The number of nitrogens with zero attached hydrogens (tertiary/aromatic N) is 3. The van der Waals surface area contributed by atoms with Crippen molar-refractivity contribution in [1.82, 2.24) is 14.7 Å². The van der Waals surface area contributed by atoms with Gasteiger partial charge in [0.25, 0.3) is 0 Å². The summed E-state index contributed by atoms with van der Waals surface area (Å²) in [5.74, 6) is 0.937. The number of rotatable bonds is 4. The van der Waals surface area contributed by atoms with Crippen LogP contribution in [0.25, 0.3) is 10.9 Å². The molecule has 5 unspecified atom stereocenters. The van der Waals surface area contributed by atoms with Gasteiger partial charge in [0, 0.05) is 36.9 Å². The number of aryl methyl sites for hydroxylation is 1. The summed E-state index contributed by atoms with van der Waals surface area (Å²) in [5, 5.41) is 17.0. The van der Waals surface area contributed by atoms with Gasteiger partial charge in [-0.15, -0.1) is 0 Å². The number of piperidine rings is 1. The summed E-state index contributed by atoms with van der Waals surface area (Å²) >= 11 is 0. The first-order valence-corrected chi connectivity index (χ1v) is 12.1. The fourth-order valence-electron chi connectivity index (χ4n) is 7.10. The van der Waals surface area contributed by atoms with Crippen LogP contribution in [0.5, 0.6) is 0 Å². The average Bonchev–Trinajstić information content (AvgIpc) is 3.42. The van der Waals surface area contributed by atoms with Crippen molar-refractivity contribution in [2.24, 2.45) is 12.5 Å². The first-order valence-electron chi connectivity index (χ1n) is 12.1. The van der Waals surface area contributed by atoms with E-state index in [1.165, 1.54) is 29.3 Å². The third-order valence-electron chi connectivity index (χ3n) is 8.06. The Kier molecular flexibility index (Phi) is 4.78. The highest BCUT2D eigenvalue weighted by molar-refractivity contribution is 5.88. The van der Waals surface area contributed by atoms with E-state index < -0.39 is 5.60 Å². The number of benzene rings is 1. The SMILES string of the molecule is CC(CC(=O)N1C(C)CC2(C)CC1CC(C)(O)C2)c1nn(C)c2cccc(C3CC3)c12. The van der Waals surface area contributed by atoms with Gasteiger partial charge in [0.2, 0.25) is 5.91 Å². The Morgan fingerprint density at radius 3 is 2.71 bits per heavy atom. The van der Waals surface area contributed by atoms with Gasteiger partial charge in [-0.3, -0.25) is 9.48 Å². The van der Waals surface area contributed by atoms with Crippen molar-refractivity contribution in [2.45, 2.75) is 102 Å². The maximum absolute atomic E-state index is 13.6. The van der Waals surface area contributed by atoms with Crippen molar-refractivity contribution in [1.29, 1.82) is 0 Å². The molecule has 2 aliphatic carbocycles. The Morgan fingerprint density at radius 2 is 2.00 bits per heavy atom. The summed E-state index contributed by atoms with van der Waals surface area (Å²) in [5.41, 5.74) is 3.09. The first-order chi connectivity index (χ1) is 14.6. The molecule has 3 aliphatic rings. The highest BCUT2D eigenvalue weighted by Gasteiger charge is 2.50. The molecule has 5 rings (SSSR count). The second kappa shape index (κ2) is 7.06. The summed E-state index contributed by atoms with van der Waals surface area (Å²) in [7, 11) is 2.01. The molecule has 0 radical (unpaired) electrons. The van der Waals surface area contributed by atoms with E-state index in [4.69, 9.17) is 5.10 Å². The van der Waals surface area contributed by atoms with E-state index in [9.17, 15) is 9.90 Å². The number of hydrogen-bond acceptors (Lipinski definition) is 3. The predicted octanol–water partition coefficient (Wildman–Crippen LogP) is 4.87. The van der Waals surface area contributed by atoms with E-state index in [1.807, 2.05) is 18.7 Å². The molecule has 2 saturated carbocycles. The Hall–Kier alpha value is -1.88. The number of likely N-dealkylation sites (tertiary alicyclic amines) is 1. The lowest BCUT2D eigenvalue weighted by atomic mass is 9.61. The fraction of sp³-hybridized carbons (Fsp3) is 0.692. The maximum Gasteiger partial charge on any atom is 0.223 e. The summed E-state index contributed by atoms with van der Waals surface area (Å²) in [6.45, 7) is 8.57. The van der Waals surface area contributed by atoms with E-state index in [0.29, 0.717) is 18.8 Å². The predicted molar refractivity (Wildman–Crippen MR) is 123 cm³/mol. The van der Waals surface area contributed by atoms with Crippen LogP contribution in [0.1, 0.15) is 95.7 Å². The van der Waals surface area contributed by atoms with Gasteiger partial charge in [0.05, 0.1) is 16.8 Å². The molecule has 1 amide bonds. The topological polar surface area (TPSA) is 58.4 Å². The van der Waals surface area contributed by atoms with E-state index in [2.05, 4.69) is 43.9 Å². The lowest BCUT2D eigenvalue weighted by molar-refractivity contribution is -0.154. The minimum atomic E-state index is -0.682. The molecular formula is C26H37N3O2. The number of carbonyl (C=O) groups excluding carboxylic acids is 1. The molecule has 2 aromatic rings. The zero-order chi connectivity index (χ0) is 22.1. The molecule has 1 aromatic heterocycles. The Labute approximate surface area is 185 Å². The normalized spacial score (nSPS) is 34.2. The average molecular weight is 424 g/mol. The van der Waals surface area contributed by atoms with Crippen LogP contribution in [0.3, 0.4) is 0 Å². The minimum absolute atomic E-state index is 0.0701. The van der Waals surface area contributed by atoms with Gasteiger partial charge in [-0.2, -0.15) is 5.10 Å². The third kappa shape index (κ3) is 3.69. The largest absolute Gasteiger partial charge is 0.390 e. The zero-order valence-corrected chi connectivity index (χ0v) is 19.7. The highest BCUT2D eigenvalue weighted by atomic mass is 16.3. The highest BCUT2D eigenvalue weighted by Crippen LogP contribution is 2.51. The lowest BCUT2D eigenvalue weighted by Crippen LogP contribution is -2.60. The molecule has 5 nitrogen and oxygen atoms in total. The van der Waals surface area contributed by atoms with Crippen LogP contribution in [0.4, 0.5) is 0 Å². The molecule has 1 N–H and O–H groups in total. The number of aliphatic hydroxyl groups is 1. The number of hydrogen-bond donors (Lipinski definition) is 1. The molecule has 2 heterocycles. The van der Waals surface area contributed by atoms with Crippen molar-refractivity contribution in [3.63, 3.8) is 0 Å². The molecule has 1 saturated heterocycles. The Balaban J connectivity index is 1.41. The van der Waals surface area contributed by atoms with Crippen molar-refractivity contribution in [3.8, 4) is 0 Å². The molecule has 0 spiro atoms. The van der Waals surface area contributed by atoms with Gasteiger partial charge < -0.3 is 10.0 Å². The van der Waals surface area contributed by atoms with Gasteiger partial charge in [0.15, 0.2) is 0 Å². The number of fused-ring (bicyclic) bond motifs is 3. The quantitative estimate of drug-likeness (QED) is 0.763. The Morgan fingerprint density at radius 1 is 1.26 bits per heavy atom. The van der Waals surface area contributed by atoms with Gasteiger partial charge in [-0.25, -0.2) is 0 Å². The summed E-state index contributed by atoms with van der Waals surface area (Å²) in [6.07, 6.45) is 6.49. The van der Waals surface area contributed by atoms with Crippen LogP contribution in [-0.2, 0) is 11.8 Å². The number of carbonyl (C=O) groups is 1. The van der Waals surface area contributed by atoms with Crippen LogP contribution in [0, 0.1) is 5.41 Å². The summed E-state index contributed by atoms with van der Waals surface area (Å²) in [4.78, 5) is 15.7. The van der Waals surface area contributed by atoms with Crippen molar-refractivity contribution in [2.75, 3.05) is 0 Å². The van der Waals surface area contributed by atoms with Crippen LogP contribution in [0.2, 0.25) is 0 Å². The van der Waals surface area contributed by atoms with Crippen LogP contribution in [-0.4, -0.2) is 43.4 Å². The molecule has 5 atom stereocenters. The third-order valence-corrected chi connectivity index (χ3v) is 8.06. The minimum Gasteiger partial charge on any atom is -0.390 e. The maximum atomic E-state index is 13.6. The van der Waals surface area contributed by atoms with Gasteiger partial charge >= 0.3 is 0 Å². The molecule has 168 valence electrons. The second-order valence-corrected chi connectivity index (χ2v) is 11.5.